The predicted octanol–water partition coefficient (Wildman–Crippen LogP) is 2.79. The number of nitrogens with zero attached hydrogens (tertiary/aromatic N) is 2. The quantitative estimate of drug-likeness (QED) is 0.939. The lowest BCUT2D eigenvalue weighted by molar-refractivity contribution is 0.197. The van der Waals surface area contributed by atoms with Crippen molar-refractivity contribution in [1.29, 1.82) is 0 Å². The van der Waals surface area contributed by atoms with Gasteiger partial charge in [0.25, 0.3) is 0 Å². The summed E-state index contributed by atoms with van der Waals surface area (Å²) in [4.78, 5) is 0. The lowest BCUT2D eigenvalue weighted by Gasteiger charge is -2.15. The van der Waals surface area contributed by atoms with Gasteiger partial charge in [-0.25, -0.2) is 4.39 Å². The van der Waals surface area contributed by atoms with Crippen molar-refractivity contribution in [2.75, 3.05) is 7.11 Å². The van der Waals surface area contributed by atoms with Crippen molar-refractivity contribution in [3.63, 3.8) is 0 Å². The first-order chi connectivity index (χ1) is 9.08. The molecule has 19 heavy (non-hydrogen) atoms. The molecular formula is C13H14ClFN2O2. The predicted molar refractivity (Wildman–Crippen MR) is 69.9 cm³/mol. The highest BCUT2D eigenvalue weighted by molar-refractivity contribution is 6.30. The van der Waals surface area contributed by atoms with Gasteiger partial charge in [0.2, 0.25) is 0 Å². The van der Waals surface area contributed by atoms with E-state index in [1.54, 1.807) is 4.68 Å². The van der Waals surface area contributed by atoms with Gasteiger partial charge in [0.1, 0.15) is 17.6 Å². The minimum atomic E-state index is -1.16. The van der Waals surface area contributed by atoms with Crippen molar-refractivity contribution in [1.82, 2.24) is 9.78 Å². The Kier molecular flexibility index (Phi) is 4.07. The number of ether oxygens (including phenoxy) is 1. The smallest absolute Gasteiger partial charge is 0.163 e. The van der Waals surface area contributed by atoms with E-state index in [-0.39, 0.29) is 10.6 Å². The van der Waals surface area contributed by atoms with Gasteiger partial charge >= 0.3 is 0 Å². The zero-order valence-corrected chi connectivity index (χ0v) is 11.4. The van der Waals surface area contributed by atoms with Crippen LogP contribution in [0.1, 0.15) is 24.3 Å². The molecule has 0 saturated heterocycles. The minimum absolute atomic E-state index is 0.137. The first-order valence-corrected chi connectivity index (χ1v) is 6.19. The number of hydrogen-bond acceptors (Lipinski definition) is 3. The van der Waals surface area contributed by atoms with E-state index in [9.17, 15) is 9.50 Å². The molecule has 2 rings (SSSR count). The number of methoxy groups -OCH3 is 1. The topological polar surface area (TPSA) is 47.3 Å². The van der Waals surface area contributed by atoms with Crippen LogP contribution in [0, 0.1) is 5.82 Å². The van der Waals surface area contributed by atoms with E-state index in [4.69, 9.17) is 16.3 Å². The molecule has 0 spiro atoms. The average Bonchev–Trinajstić information content (AvgIpc) is 2.80. The molecular weight excluding hydrogens is 271 g/mol. The maximum atomic E-state index is 13.8. The Balaban J connectivity index is 2.48. The van der Waals surface area contributed by atoms with Gasteiger partial charge in [-0.05, 0) is 19.1 Å². The van der Waals surface area contributed by atoms with E-state index in [2.05, 4.69) is 5.10 Å². The van der Waals surface area contributed by atoms with Gasteiger partial charge < -0.3 is 9.84 Å². The van der Waals surface area contributed by atoms with E-state index < -0.39 is 11.9 Å². The van der Waals surface area contributed by atoms with E-state index in [0.717, 1.165) is 0 Å². The molecule has 1 atom stereocenters. The van der Waals surface area contributed by atoms with E-state index in [1.807, 2.05) is 6.92 Å². The molecule has 1 unspecified atom stereocenters. The van der Waals surface area contributed by atoms with Crippen LogP contribution in [-0.2, 0) is 6.54 Å². The molecule has 0 aliphatic heterocycles. The highest BCUT2D eigenvalue weighted by atomic mass is 35.5. The molecule has 1 aromatic heterocycles. The molecule has 102 valence electrons. The van der Waals surface area contributed by atoms with Gasteiger partial charge in [-0.2, -0.15) is 5.10 Å². The summed E-state index contributed by atoms with van der Waals surface area (Å²) in [6, 6.07) is 4.15. The van der Waals surface area contributed by atoms with Crippen LogP contribution in [0.4, 0.5) is 4.39 Å². The Morgan fingerprint density at radius 1 is 1.53 bits per heavy atom. The monoisotopic (exact) mass is 284 g/mol. The number of rotatable bonds is 4. The Bertz CT molecular complexity index is 565. The lowest BCUT2D eigenvalue weighted by Crippen LogP contribution is -2.11. The van der Waals surface area contributed by atoms with Gasteiger partial charge in [-0.3, -0.25) is 4.68 Å². The zero-order chi connectivity index (χ0) is 14.0. The number of aryl methyl sites for hydroxylation is 1. The molecule has 0 saturated carbocycles. The van der Waals surface area contributed by atoms with E-state index in [0.29, 0.717) is 18.0 Å². The molecule has 0 bridgehead atoms. The summed E-state index contributed by atoms with van der Waals surface area (Å²) in [6.07, 6.45) is 0.338. The lowest BCUT2D eigenvalue weighted by atomic mass is 10.1. The summed E-state index contributed by atoms with van der Waals surface area (Å²) in [6.45, 7) is 2.42. The maximum absolute atomic E-state index is 13.8. The molecule has 1 N–H and O–H groups in total. The molecule has 0 fully saturated rings. The van der Waals surface area contributed by atoms with Crippen LogP contribution in [0.3, 0.4) is 0 Å². The number of aliphatic hydroxyl groups is 1. The highest BCUT2D eigenvalue weighted by Crippen LogP contribution is 2.32. The van der Waals surface area contributed by atoms with E-state index >= 15 is 0 Å². The molecule has 1 heterocycles. The Hall–Kier alpha value is -1.59. The van der Waals surface area contributed by atoms with Crippen molar-refractivity contribution in [3.8, 4) is 5.75 Å². The van der Waals surface area contributed by atoms with Crippen molar-refractivity contribution >= 4 is 11.6 Å². The fourth-order valence-electron chi connectivity index (χ4n) is 1.93. The SMILES string of the molecule is CCn1ncc(OC)c1C(O)c1ccc(Cl)cc1F. The Labute approximate surface area is 115 Å². The van der Waals surface area contributed by atoms with Gasteiger partial charge in [0.15, 0.2) is 5.75 Å². The Morgan fingerprint density at radius 2 is 2.26 bits per heavy atom. The number of benzene rings is 1. The molecule has 0 radical (unpaired) electrons. The highest BCUT2D eigenvalue weighted by Gasteiger charge is 2.23. The average molecular weight is 285 g/mol. The first kappa shape index (κ1) is 13.8. The van der Waals surface area contributed by atoms with Crippen LogP contribution in [-0.4, -0.2) is 22.0 Å². The Morgan fingerprint density at radius 3 is 2.84 bits per heavy atom. The van der Waals surface area contributed by atoms with Crippen LogP contribution < -0.4 is 4.74 Å². The van der Waals surface area contributed by atoms with Crippen LogP contribution in [0.2, 0.25) is 5.02 Å². The van der Waals surface area contributed by atoms with Gasteiger partial charge in [-0.15, -0.1) is 0 Å². The first-order valence-electron chi connectivity index (χ1n) is 5.81. The van der Waals surface area contributed by atoms with Crippen LogP contribution >= 0.6 is 11.6 Å². The normalized spacial score (nSPS) is 12.5. The number of aromatic nitrogens is 2. The molecule has 2 aromatic rings. The zero-order valence-electron chi connectivity index (χ0n) is 10.6. The summed E-state index contributed by atoms with van der Waals surface area (Å²) in [5.41, 5.74) is 0.559. The molecule has 6 heteroatoms. The van der Waals surface area contributed by atoms with Gasteiger partial charge in [0, 0.05) is 17.1 Å². The van der Waals surface area contributed by atoms with Crippen LogP contribution in [0.15, 0.2) is 24.4 Å². The largest absolute Gasteiger partial charge is 0.493 e. The summed E-state index contributed by atoms with van der Waals surface area (Å²) >= 11 is 5.70. The standard InChI is InChI=1S/C13H14ClFN2O2/c1-3-17-12(11(19-2)7-16-17)13(18)9-5-4-8(14)6-10(9)15/h4-7,13,18H,3H2,1-2H3. The summed E-state index contributed by atoms with van der Waals surface area (Å²) in [7, 11) is 1.48. The van der Waals surface area contributed by atoms with Crippen molar-refractivity contribution < 1.29 is 14.2 Å². The number of hydrogen-bond donors (Lipinski definition) is 1. The molecule has 0 amide bonds. The van der Waals surface area contributed by atoms with Gasteiger partial charge in [-0.1, -0.05) is 17.7 Å². The molecule has 0 aliphatic carbocycles. The van der Waals surface area contributed by atoms with Crippen molar-refractivity contribution in [2.45, 2.75) is 19.6 Å². The van der Waals surface area contributed by atoms with Crippen LogP contribution in [0.25, 0.3) is 0 Å². The minimum Gasteiger partial charge on any atom is -0.493 e. The third kappa shape index (κ3) is 2.57. The van der Waals surface area contributed by atoms with Gasteiger partial charge in [0.05, 0.1) is 13.3 Å². The number of halogens is 2. The number of aliphatic hydroxyl groups excluding tert-OH is 1. The molecule has 4 nitrogen and oxygen atoms in total. The third-order valence-corrected chi connectivity index (χ3v) is 3.12. The van der Waals surface area contributed by atoms with E-state index in [1.165, 1.54) is 31.5 Å². The van der Waals surface area contributed by atoms with Crippen LogP contribution in [0.5, 0.6) is 5.75 Å². The third-order valence-electron chi connectivity index (χ3n) is 2.88. The summed E-state index contributed by atoms with van der Waals surface area (Å²) in [5.74, 6) is -0.144. The fraction of sp³-hybridized carbons (Fsp3) is 0.308. The summed E-state index contributed by atoms with van der Waals surface area (Å²) < 4.78 is 20.6. The van der Waals surface area contributed by atoms with Crippen molar-refractivity contribution in [3.05, 3.63) is 46.5 Å². The van der Waals surface area contributed by atoms with Crippen molar-refractivity contribution in [2.24, 2.45) is 0 Å². The fourth-order valence-corrected chi connectivity index (χ4v) is 2.09. The molecule has 1 aromatic carbocycles. The second kappa shape index (κ2) is 5.59. The summed E-state index contributed by atoms with van der Waals surface area (Å²) in [5, 5.41) is 14.7. The second-order valence-electron chi connectivity index (χ2n) is 3.98. The molecule has 0 aliphatic rings. The maximum Gasteiger partial charge on any atom is 0.163 e. The second-order valence-corrected chi connectivity index (χ2v) is 4.42.